The van der Waals surface area contributed by atoms with Crippen molar-refractivity contribution in [1.82, 2.24) is 19.6 Å². The standard InChI is InChI=1S/C35H27FN4O4/c1-20-9-10-24-14-31(20)43-18-26-7-4-8-27(38-26)19-44-32-15-25(36)11-12-28(32)22-5-3-6-23(13-22)30-17-33-37-21(2)29(16-34(41)42)35(24)40(33)39-30/h3-15,17H,16,18-19H2,1-2H3,(H,41,42). The number of nitrogens with zero attached hydrogens (tertiary/aromatic N) is 4. The number of ether oxygens (including phenoxy) is 2. The van der Waals surface area contributed by atoms with Gasteiger partial charge in [-0.2, -0.15) is 5.10 Å². The zero-order valence-electron chi connectivity index (χ0n) is 24.0. The summed E-state index contributed by atoms with van der Waals surface area (Å²) < 4.78 is 28.5. The smallest absolute Gasteiger partial charge is 0.307 e. The zero-order chi connectivity index (χ0) is 30.4. The summed E-state index contributed by atoms with van der Waals surface area (Å²) in [5.41, 5.74) is 8.44. The fourth-order valence-electron chi connectivity index (χ4n) is 5.55. The minimum absolute atomic E-state index is 0.143. The molecule has 3 aromatic carbocycles. The molecule has 1 N–H and O–H groups in total. The number of aromatic nitrogens is 4. The van der Waals surface area contributed by atoms with Gasteiger partial charge in [0.15, 0.2) is 5.65 Å². The summed E-state index contributed by atoms with van der Waals surface area (Å²) in [6.45, 7) is 4.11. The monoisotopic (exact) mass is 586 g/mol. The number of carboxylic acids is 1. The van der Waals surface area contributed by atoms with E-state index in [9.17, 15) is 14.3 Å². The van der Waals surface area contributed by atoms with Crippen molar-refractivity contribution < 1.29 is 23.8 Å². The number of aliphatic carboxylic acids is 1. The fourth-order valence-corrected chi connectivity index (χ4v) is 5.55. The van der Waals surface area contributed by atoms with Crippen LogP contribution in [0.2, 0.25) is 0 Å². The van der Waals surface area contributed by atoms with E-state index in [-0.39, 0.29) is 19.6 Å². The summed E-state index contributed by atoms with van der Waals surface area (Å²) in [7, 11) is 0. The molecular weight excluding hydrogens is 559 g/mol. The van der Waals surface area contributed by atoms with Gasteiger partial charge in [-0.15, -0.1) is 0 Å². The van der Waals surface area contributed by atoms with E-state index in [1.807, 2.05) is 80.6 Å². The molecule has 0 saturated carbocycles. The van der Waals surface area contributed by atoms with E-state index in [4.69, 9.17) is 24.5 Å². The van der Waals surface area contributed by atoms with Crippen LogP contribution in [0.4, 0.5) is 4.39 Å². The number of pyridine rings is 1. The second kappa shape index (κ2) is 10.9. The van der Waals surface area contributed by atoms with Gasteiger partial charge in [-0.25, -0.2) is 13.9 Å². The highest BCUT2D eigenvalue weighted by Gasteiger charge is 2.21. The first-order valence-corrected chi connectivity index (χ1v) is 14.2. The number of fused-ring (bicyclic) bond motifs is 11. The van der Waals surface area contributed by atoms with Crippen molar-refractivity contribution in [1.29, 1.82) is 0 Å². The predicted molar refractivity (Wildman–Crippen MR) is 163 cm³/mol. The molecule has 0 atom stereocenters. The maximum Gasteiger partial charge on any atom is 0.307 e. The number of benzene rings is 3. The molecule has 6 aromatic rings. The third kappa shape index (κ3) is 5.13. The zero-order valence-corrected chi connectivity index (χ0v) is 24.0. The van der Waals surface area contributed by atoms with Crippen LogP contribution < -0.4 is 9.47 Å². The third-order valence-electron chi connectivity index (χ3n) is 7.73. The van der Waals surface area contributed by atoms with Gasteiger partial charge in [-0.1, -0.05) is 36.4 Å². The molecule has 218 valence electrons. The van der Waals surface area contributed by atoms with Gasteiger partial charge in [0.25, 0.3) is 0 Å². The van der Waals surface area contributed by atoms with Gasteiger partial charge in [0, 0.05) is 40.1 Å². The molecule has 44 heavy (non-hydrogen) atoms. The Morgan fingerprint density at radius 1 is 0.841 bits per heavy atom. The Morgan fingerprint density at radius 2 is 1.59 bits per heavy atom. The number of aryl methyl sites for hydroxylation is 2. The summed E-state index contributed by atoms with van der Waals surface area (Å²) in [4.78, 5) is 21.4. The van der Waals surface area contributed by atoms with Crippen LogP contribution in [0.15, 0.2) is 84.9 Å². The summed E-state index contributed by atoms with van der Waals surface area (Å²) in [5.74, 6) is -0.342. The second-order valence-corrected chi connectivity index (χ2v) is 10.8. The summed E-state index contributed by atoms with van der Waals surface area (Å²) in [6, 6.07) is 25.5. The molecular formula is C35H27FN4O4. The molecule has 3 aromatic heterocycles. The molecule has 0 aliphatic carbocycles. The van der Waals surface area contributed by atoms with Crippen molar-refractivity contribution in [2.45, 2.75) is 33.5 Å². The lowest BCUT2D eigenvalue weighted by molar-refractivity contribution is -0.136. The largest absolute Gasteiger partial charge is 0.487 e. The van der Waals surface area contributed by atoms with Crippen molar-refractivity contribution in [2.75, 3.05) is 0 Å². The van der Waals surface area contributed by atoms with Gasteiger partial charge in [-0.05, 0) is 61.4 Å². The first kappa shape index (κ1) is 27.3. The van der Waals surface area contributed by atoms with E-state index < -0.39 is 11.8 Å². The lowest BCUT2D eigenvalue weighted by Crippen LogP contribution is -2.10. The van der Waals surface area contributed by atoms with E-state index in [0.29, 0.717) is 51.2 Å². The van der Waals surface area contributed by atoms with Crippen molar-refractivity contribution in [3.8, 4) is 45.1 Å². The number of carbonyl (C=O) groups is 1. The maximum absolute atomic E-state index is 14.4. The number of carboxylic acid groups (broad SMARTS) is 1. The number of halogens is 1. The molecule has 8 nitrogen and oxygen atoms in total. The van der Waals surface area contributed by atoms with Gasteiger partial charge in [-0.3, -0.25) is 9.78 Å². The predicted octanol–water partition coefficient (Wildman–Crippen LogP) is 6.98. The van der Waals surface area contributed by atoms with Crippen molar-refractivity contribution >= 4 is 11.6 Å². The highest BCUT2D eigenvalue weighted by atomic mass is 19.1. The minimum atomic E-state index is -0.965. The van der Waals surface area contributed by atoms with Gasteiger partial charge in [0.05, 0.1) is 29.2 Å². The summed E-state index contributed by atoms with van der Waals surface area (Å²) in [6.07, 6.45) is -0.219. The van der Waals surface area contributed by atoms with Crippen molar-refractivity contribution in [3.05, 3.63) is 119 Å². The lowest BCUT2D eigenvalue weighted by Gasteiger charge is -2.16. The van der Waals surface area contributed by atoms with Crippen LogP contribution in [-0.4, -0.2) is 30.7 Å². The van der Waals surface area contributed by atoms with E-state index in [2.05, 4.69) is 0 Å². The van der Waals surface area contributed by atoms with Gasteiger partial charge >= 0.3 is 5.97 Å². The first-order valence-electron chi connectivity index (χ1n) is 14.2. The Morgan fingerprint density at radius 3 is 2.39 bits per heavy atom. The SMILES string of the molecule is Cc1ccc2cc1OCc1cccc(n1)COc1cc(F)ccc1-c1cccc(c1)-c1cc3nc(C)c(CC(=O)O)c-2n3n1. The van der Waals surface area contributed by atoms with E-state index >= 15 is 0 Å². The van der Waals surface area contributed by atoms with Gasteiger partial charge in [0.2, 0.25) is 0 Å². The number of rotatable bonds is 2. The molecule has 1 aliphatic rings. The molecule has 7 rings (SSSR count). The van der Waals surface area contributed by atoms with Crippen molar-refractivity contribution in [3.63, 3.8) is 0 Å². The average Bonchev–Trinajstić information content (AvgIpc) is 3.43. The molecule has 9 heteroatoms. The normalized spacial score (nSPS) is 12.4. The van der Waals surface area contributed by atoms with E-state index in [1.54, 1.807) is 10.6 Å². The van der Waals surface area contributed by atoms with Gasteiger partial charge < -0.3 is 14.6 Å². The average molecular weight is 587 g/mol. The Bertz CT molecular complexity index is 2090. The van der Waals surface area contributed by atoms with Crippen LogP contribution in [0.25, 0.3) is 39.3 Å². The molecule has 0 spiro atoms. The van der Waals surface area contributed by atoms with Gasteiger partial charge in [0.1, 0.15) is 30.5 Å². The summed E-state index contributed by atoms with van der Waals surface area (Å²) >= 11 is 0. The van der Waals surface area contributed by atoms with Crippen LogP contribution in [0.1, 0.15) is 28.2 Å². The van der Waals surface area contributed by atoms with Crippen LogP contribution in [0, 0.1) is 19.7 Å². The number of hydrogen-bond donors (Lipinski definition) is 1. The summed E-state index contributed by atoms with van der Waals surface area (Å²) in [5, 5.41) is 14.7. The number of hydrogen-bond acceptors (Lipinski definition) is 6. The third-order valence-corrected chi connectivity index (χ3v) is 7.73. The Labute approximate surface area is 252 Å². The first-order chi connectivity index (χ1) is 21.3. The van der Waals surface area contributed by atoms with E-state index in [1.165, 1.54) is 12.1 Å². The molecule has 0 amide bonds. The molecule has 0 saturated heterocycles. The molecule has 1 aliphatic heterocycles. The van der Waals surface area contributed by atoms with Crippen molar-refractivity contribution in [2.24, 2.45) is 0 Å². The fraction of sp³-hybridized carbons (Fsp3) is 0.143. The molecule has 8 bridgehead atoms. The quantitative estimate of drug-likeness (QED) is 0.234. The maximum atomic E-state index is 14.4. The minimum Gasteiger partial charge on any atom is -0.487 e. The molecule has 0 fully saturated rings. The Hall–Kier alpha value is -5.57. The van der Waals surface area contributed by atoms with Crippen LogP contribution >= 0.6 is 0 Å². The molecule has 4 heterocycles. The Balaban J connectivity index is 1.48. The van der Waals surface area contributed by atoms with E-state index in [0.717, 1.165) is 27.8 Å². The lowest BCUT2D eigenvalue weighted by atomic mass is 10.0. The molecule has 0 unspecified atom stereocenters. The highest BCUT2D eigenvalue weighted by molar-refractivity contribution is 5.80. The topological polar surface area (TPSA) is 98.8 Å². The molecule has 0 radical (unpaired) electrons. The highest BCUT2D eigenvalue weighted by Crippen LogP contribution is 2.36. The van der Waals surface area contributed by atoms with Crippen LogP contribution in [0.3, 0.4) is 0 Å². The Kier molecular flexibility index (Phi) is 6.77. The second-order valence-electron chi connectivity index (χ2n) is 10.8. The van der Waals surface area contributed by atoms with Crippen LogP contribution in [-0.2, 0) is 24.4 Å². The van der Waals surface area contributed by atoms with Crippen LogP contribution in [0.5, 0.6) is 11.5 Å².